The van der Waals surface area contributed by atoms with E-state index in [9.17, 15) is 14.7 Å². The fourth-order valence-corrected chi connectivity index (χ4v) is 5.21. The Kier molecular flexibility index (Phi) is 10.3. The number of alkyl halides is 1. The molecule has 0 bridgehead atoms. The number of carbonyl (C=O) groups excluding carboxylic acids is 1. The molecule has 33 heavy (non-hydrogen) atoms. The first-order valence-corrected chi connectivity index (χ1v) is 11.8. The maximum Gasteiger partial charge on any atom is 0.351 e. The fraction of sp³-hybridized carbons (Fsp3) is 0.700. The third kappa shape index (κ3) is 6.99. The van der Waals surface area contributed by atoms with E-state index in [-0.39, 0.29) is 30.9 Å². The van der Waals surface area contributed by atoms with E-state index >= 15 is 4.39 Å². The van der Waals surface area contributed by atoms with Crippen LogP contribution in [0.1, 0.15) is 47.3 Å². The summed E-state index contributed by atoms with van der Waals surface area (Å²) in [6.07, 6.45) is -4.09. The van der Waals surface area contributed by atoms with E-state index in [1.807, 2.05) is 38.4 Å². The van der Waals surface area contributed by atoms with Gasteiger partial charge in [-0.25, -0.2) is 13.9 Å². The molecule has 1 aromatic heterocycles. The second kappa shape index (κ2) is 12.5. The van der Waals surface area contributed by atoms with Gasteiger partial charge in [-0.15, -0.1) is 0 Å². The van der Waals surface area contributed by atoms with Crippen molar-refractivity contribution in [3.05, 3.63) is 22.7 Å². The Balaban J connectivity index is 2.28. The molecule has 184 valence electrons. The molecule has 2 rings (SSSR count). The SMILES string of the molecule is CC(=O)Nc1ccn([C@@H]2O[C@H](CO)[C@@H](OP(OCCC#N)N(C(C)C)C(C)C)[C@H]2F)c(=O)n1. The van der Waals surface area contributed by atoms with Crippen LogP contribution in [0.2, 0.25) is 0 Å². The third-order valence-electron chi connectivity index (χ3n) is 4.73. The normalized spacial score (nSPS) is 23.8. The number of aromatic nitrogens is 2. The fourth-order valence-electron chi connectivity index (χ4n) is 3.45. The molecule has 1 fully saturated rings. The lowest BCUT2D eigenvalue weighted by Gasteiger charge is -2.37. The summed E-state index contributed by atoms with van der Waals surface area (Å²) in [5.41, 5.74) is -0.829. The molecule has 0 saturated carbocycles. The van der Waals surface area contributed by atoms with Crippen molar-refractivity contribution in [2.75, 3.05) is 18.5 Å². The number of nitriles is 1. The number of nitrogens with one attached hydrogen (secondary N) is 1. The molecule has 11 nitrogen and oxygen atoms in total. The molecule has 0 aliphatic carbocycles. The first kappa shape index (κ1) is 27.2. The molecule has 1 saturated heterocycles. The summed E-state index contributed by atoms with van der Waals surface area (Å²) in [7, 11) is -1.79. The Morgan fingerprint density at radius 2 is 2.12 bits per heavy atom. The van der Waals surface area contributed by atoms with Gasteiger partial charge in [0, 0.05) is 25.2 Å². The number of hydrogen-bond donors (Lipinski definition) is 2. The zero-order valence-electron chi connectivity index (χ0n) is 19.3. The number of aliphatic hydroxyl groups excluding tert-OH is 1. The lowest BCUT2D eigenvalue weighted by molar-refractivity contribution is -0.114. The van der Waals surface area contributed by atoms with Gasteiger partial charge >= 0.3 is 5.69 Å². The van der Waals surface area contributed by atoms with Crippen LogP contribution in [-0.2, 0) is 18.6 Å². The number of nitrogens with zero attached hydrogens (tertiary/aromatic N) is 4. The van der Waals surface area contributed by atoms with Crippen molar-refractivity contribution >= 4 is 20.3 Å². The van der Waals surface area contributed by atoms with Crippen LogP contribution < -0.4 is 11.0 Å². The smallest absolute Gasteiger partial charge is 0.351 e. The van der Waals surface area contributed by atoms with Crippen LogP contribution in [0.5, 0.6) is 0 Å². The van der Waals surface area contributed by atoms with Crippen molar-refractivity contribution < 1.29 is 28.1 Å². The van der Waals surface area contributed by atoms with Crippen LogP contribution in [0.4, 0.5) is 10.2 Å². The van der Waals surface area contributed by atoms with Gasteiger partial charge in [0.1, 0.15) is 18.0 Å². The van der Waals surface area contributed by atoms with Crippen LogP contribution in [0.15, 0.2) is 17.1 Å². The molecule has 1 aromatic rings. The highest BCUT2D eigenvalue weighted by Gasteiger charge is 2.49. The van der Waals surface area contributed by atoms with Crippen LogP contribution in [0.3, 0.4) is 0 Å². The Morgan fingerprint density at radius 3 is 2.64 bits per heavy atom. The van der Waals surface area contributed by atoms with Crippen molar-refractivity contribution in [2.24, 2.45) is 0 Å². The summed E-state index contributed by atoms with van der Waals surface area (Å²) in [4.78, 5) is 27.3. The Bertz CT molecular complexity index is 886. The zero-order valence-corrected chi connectivity index (χ0v) is 20.2. The lowest BCUT2D eigenvalue weighted by Crippen LogP contribution is -2.39. The molecule has 1 aliphatic rings. The minimum atomic E-state index is -1.82. The van der Waals surface area contributed by atoms with Gasteiger partial charge in [0.25, 0.3) is 8.53 Å². The van der Waals surface area contributed by atoms with E-state index in [2.05, 4.69) is 10.3 Å². The molecule has 0 spiro atoms. The zero-order chi connectivity index (χ0) is 24.7. The number of anilines is 1. The highest BCUT2D eigenvalue weighted by Crippen LogP contribution is 2.50. The number of aliphatic hydroxyl groups is 1. The van der Waals surface area contributed by atoms with E-state index in [1.165, 1.54) is 19.2 Å². The topological polar surface area (TPSA) is 139 Å². The molecule has 1 aliphatic heterocycles. The van der Waals surface area contributed by atoms with Gasteiger partial charge < -0.3 is 24.2 Å². The first-order valence-electron chi connectivity index (χ1n) is 10.6. The Labute approximate surface area is 193 Å². The molecule has 0 radical (unpaired) electrons. The minimum absolute atomic E-state index is 0.00454. The number of halogens is 1. The number of rotatable bonds is 11. The van der Waals surface area contributed by atoms with Gasteiger partial charge in [-0.1, -0.05) is 0 Å². The summed E-state index contributed by atoms with van der Waals surface area (Å²) in [5, 5.41) is 21.0. The monoisotopic (exact) mass is 487 g/mol. The Hall–Kier alpha value is -2.00. The summed E-state index contributed by atoms with van der Waals surface area (Å²) in [5.74, 6) is -0.374. The van der Waals surface area contributed by atoms with Crippen molar-refractivity contribution in [3.8, 4) is 6.07 Å². The average molecular weight is 487 g/mol. The van der Waals surface area contributed by atoms with E-state index < -0.39 is 51.3 Å². The minimum Gasteiger partial charge on any atom is -0.394 e. The summed E-state index contributed by atoms with van der Waals surface area (Å²) in [6, 6.07) is 3.33. The number of ether oxygens (including phenoxy) is 1. The van der Waals surface area contributed by atoms with Crippen molar-refractivity contribution in [1.82, 2.24) is 14.2 Å². The standard InChI is InChI=1S/C20H31FN5O6P/c1-12(2)26(13(3)4)33(30-10-6-8-22)32-18-15(11-27)31-19(17(18)21)25-9-7-16(23-14(5)28)24-20(25)29/h7,9,12-13,15,17-19,27H,6,10-11H2,1-5H3,(H,23,24,28,29)/t15-,17-,18-,19-,33?/m1/s1. The molecule has 1 unspecified atom stereocenters. The highest BCUT2D eigenvalue weighted by molar-refractivity contribution is 7.44. The van der Waals surface area contributed by atoms with E-state index in [4.69, 9.17) is 19.0 Å². The van der Waals surface area contributed by atoms with E-state index in [0.717, 1.165) is 4.57 Å². The average Bonchev–Trinajstić information content (AvgIpc) is 3.02. The van der Waals surface area contributed by atoms with E-state index in [1.54, 1.807) is 0 Å². The largest absolute Gasteiger partial charge is 0.394 e. The van der Waals surface area contributed by atoms with E-state index in [0.29, 0.717) is 0 Å². The maximum absolute atomic E-state index is 15.5. The van der Waals surface area contributed by atoms with Gasteiger partial charge in [-0.2, -0.15) is 10.2 Å². The van der Waals surface area contributed by atoms with Crippen molar-refractivity contribution in [3.63, 3.8) is 0 Å². The molecular weight excluding hydrogens is 456 g/mol. The molecule has 2 heterocycles. The Morgan fingerprint density at radius 1 is 1.45 bits per heavy atom. The van der Waals surface area contributed by atoms with Crippen LogP contribution in [0, 0.1) is 11.3 Å². The van der Waals surface area contributed by atoms with Crippen molar-refractivity contribution in [1.29, 1.82) is 5.26 Å². The predicted molar refractivity (Wildman–Crippen MR) is 119 cm³/mol. The number of carbonyl (C=O) groups is 1. The number of amides is 1. The molecule has 2 N–H and O–H groups in total. The third-order valence-corrected chi connectivity index (χ3v) is 6.86. The van der Waals surface area contributed by atoms with Crippen LogP contribution >= 0.6 is 8.53 Å². The van der Waals surface area contributed by atoms with Gasteiger partial charge in [0.05, 0.1) is 25.7 Å². The summed E-state index contributed by atoms with van der Waals surface area (Å²) >= 11 is 0. The second-order valence-electron chi connectivity index (χ2n) is 7.99. The van der Waals surface area contributed by atoms with Gasteiger partial charge in [-0.3, -0.25) is 9.36 Å². The molecule has 13 heteroatoms. The molecule has 5 atom stereocenters. The highest BCUT2D eigenvalue weighted by atomic mass is 31.2. The maximum atomic E-state index is 15.5. The first-order chi connectivity index (χ1) is 15.6. The summed E-state index contributed by atoms with van der Waals surface area (Å²) in [6.45, 7) is 8.60. The predicted octanol–water partition coefficient (Wildman–Crippen LogP) is 2.09. The van der Waals surface area contributed by atoms with Crippen LogP contribution in [0.25, 0.3) is 0 Å². The molecular formula is C20H31FN5O6P. The second-order valence-corrected chi connectivity index (χ2v) is 9.40. The summed E-state index contributed by atoms with van der Waals surface area (Å²) < 4.78 is 35.9. The molecule has 0 aromatic carbocycles. The van der Waals surface area contributed by atoms with Gasteiger partial charge in [0.15, 0.2) is 12.4 Å². The quantitative estimate of drug-likeness (QED) is 0.355. The van der Waals surface area contributed by atoms with Gasteiger partial charge in [0.2, 0.25) is 5.91 Å². The molecule has 1 amide bonds. The van der Waals surface area contributed by atoms with Crippen LogP contribution in [-0.4, -0.2) is 68.9 Å². The number of hydrogen-bond acceptors (Lipinski definition) is 9. The van der Waals surface area contributed by atoms with Crippen molar-refractivity contribution in [2.45, 2.75) is 77.7 Å². The lowest BCUT2D eigenvalue weighted by atomic mass is 10.1. The van der Waals surface area contributed by atoms with Gasteiger partial charge in [-0.05, 0) is 33.8 Å².